The Morgan fingerprint density at radius 2 is 2.19 bits per heavy atom. The van der Waals surface area contributed by atoms with Crippen LogP contribution in [0.5, 0.6) is 0 Å². The largest absolute Gasteiger partial charge is 0.394 e. The number of guanidine groups is 1. The summed E-state index contributed by atoms with van der Waals surface area (Å²) in [7, 11) is 1.55. The number of aliphatic hydroxyl groups excluding tert-OH is 1. The molecule has 0 aromatic heterocycles. The summed E-state index contributed by atoms with van der Waals surface area (Å²) in [5, 5.41) is 11.9. The monoisotopic (exact) mass is 223 g/mol. The lowest BCUT2D eigenvalue weighted by Crippen LogP contribution is -2.28. The van der Waals surface area contributed by atoms with Gasteiger partial charge in [0.15, 0.2) is 5.96 Å². The van der Waals surface area contributed by atoms with Gasteiger partial charge in [0, 0.05) is 12.8 Å². The van der Waals surface area contributed by atoms with Crippen molar-refractivity contribution in [1.29, 1.82) is 0 Å². The van der Waals surface area contributed by atoms with Crippen molar-refractivity contribution in [2.75, 3.05) is 25.6 Å². The Morgan fingerprint density at radius 1 is 1.50 bits per heavy atom. The van der Waals surface area contributed by atoms with Gasteiger partial charge in [0.05, 0.1) is 13.2 Å². The average Bonchev–Trinajstić information content (AvgIpc) is 2.29. The van der Waals surface area contributed by atoms with E-state index < -0.39 is 0 Å². The summed E-state index contributed by atoms with van der Waals surface area (Å²) in [5.41, 5.74) is 6.54. The minimum atomic E-state index is -0.332. The molecule has 0 spiro atoms. The summed E-state index contributed by atoms with van der Waals surface area (Å²) in [6, 6.07) is 9.14. The number of aliphatic hydroxyl groups is 1. The normalized spacial score (nSPS) is 13.5. The van der Waals surface area contributed by atoms with Crippen molar-refractivity contribution in [3.05, 3.63) is 30.3 Å². The molecule has 1 rings (SSSR count). The zero-order valence-corrected chi connectivity index (χ0v) is 9.26. The fourth-order valence-corrected chi connectivity index (χ4v) is 1.22. The summed E-state index contributed by atoms with van der Waals surface area (Å²) >= 11 is 0. The SMILES string of the molecule is COCC(CO)N=C(N)Nc1ccccc1. The number of nitrogens with two attached hydrogens (primary N) is 1. The molecule has 1 aromatic rings. The van der Waals surface area contributed by atoms with E-state index in [0.717, 1.165) is 5.69 Å². The number of aliphatic imine (C=N–C) groups is 1. The maximum Gasteiger partial charge on any atom is 0.193 e. The van der Waals surface area contributed by atoms with Gasteiger partial charge in [-0.1, -0.05) is 18.2 Å². The van der Waals surface area contributed by atoms with Gasteiger partial charge in [0.25, 0.3) is 0 Å². The van der Waals surface area contributed by atoms with Crippen LogP contribution >= 0.6 is 0 Å². The zero-order valence-electron chi connectivity index (χ0n) is 9.26. The van der Waals surface area contributed by atoms with Crippen molar-refractivity contribution >= 4 is 11.6 Å². The second kappa shape index (κ2) is 6.81. The van der Waals surface area contributed by atoms with Crippen molar-refractivity contribution < 1.29 is 9.84 Å². The van der Waals surface area contributed by atoms with Crippen LogP contribution in [0.3, 0.4) is 0 Å². The number of benzene rings is 1. The molecule has 5 heteroatoms. The molecule has 0 amide bonds. The number of para-hydroxylation sites is 1. The van der Waals surface area contributed by atoms with E-state index in [2.05, 4.69) is 10.3 Å². The van der Waals surface area contributed by atoms with Crippen molar-refractivity contribution in [2.45, 2.75) is 6.04 Å². The topological polar surface area (TPSA) is 79.9 Å². The Hall–Kier alpha value is -1.59. The summed E-state index contributed by atoms with van der Waals surface area (Å²) in [6.07, 6.45) is 0. The minimum Gasteiger partial charge on any atom is -0.394 e. The highest BCUT2D eigenvalue weighted by Gasteiger charge is 2.05. The van der Waals surface area contributed by atoms with E-state index in [0.29, 0.717) is 6.61 Å². The zero-order chi connectivity index (χ0) is 11.8. The van der Waals surface area contributed by atoms with Gasteiger partial charge < -0.3 is 20.9 Å². The van der Waals surface area contributed by atoms with Crippen molar-refractivity contribution in [3.63, 3.8) is 0 Å². The molecule has 0 aliphatic heterocycles. The van der Waals surface area contributed by atoms with Gasteiger partial charge in [-0.2, -0.15) is 0 Å². The molecule has 1 unspecified atom stereocenters. The number of ether oxygens (including phenoxy) is 1. The number of anilines is 1. The van der Waals surface area contributed by atoms with Gasteiger partial charge in [0.1, 0.15) is 6.04 Å². The molecular weight excluding hydrogens is 206 g/mol. The summed E-state index contributed by atoms with van der Waals surface area (Å²) in [6.45, 7) is 0.249. The number of methoxy groups -OCH3 is 1. The van der Waals surface area contributed by atoms with E-state index in [9.17, 15) is 0 Å². The van der Waals surface area contributed by atoms with Crippen molar-refractivity contribution in [3.8, 4) is 0 Å². The number of rotatable bonds is 5. The van der Waals surface area contributed by atoms with E-state index in [1.165, 1.54) is 0 Å². The molecule has 1 atom stereocenters. The second-order valence-corrected chi connectivity index (χ2v) is 3.30. The van der Waals surface area contributed by atoms with Gasteiger partial charge in [-0.25, -0.2) is 4.99 Å². The quantitative estimate of drug-likeness (QED) is 0.499. The maximum atomic E-state index is 9.00. The highest BCUT2D eigenvalue weighted by atomic mass is 16.5. The number of hydrogen-bond acceptors (Lipinski definition) is 3. The Bertz CT molecular complexity index is 327. The lowest BCUT2D eigenvalue weighted by atomic mass is 10.3. The molecule has 4 N–H and O–H groups in total. The Kier molecular flexibility index (Phi) is 5.31. The molecule has 88 valence electrons. The molecule has 0 heterocycles. The standard InChI is InChI=1S/C11H17N3O2/c1-16-8-10(7-15)14-11(12)13-9-5-3-2-4-6-9/h2-6,10,15H,7-8H2,1H3,(H3,12,13,14). The highest BCUT2D eigenvalue weighted by Crippen LogP contribution is 2.04. The first-order chi connectivity index (χ1) is 7.76. The third-order valence-corrected chi connectivity index (χ3v) is 1.94. The first kappa shape index (κ1) is 12.5. The molecule has 5 nitrogen and oxygen atoms in total. The second-order valence-electron chi connectivity index (χ2n) is 3.30. The van der Waals surface area contributed by atoms with Gasteiger partial charge in [-0.3, -0.25) is 0 Å². The van der Waals surface area contributed by atoms with E-state index in [1.54, 1.807) is 7.11 Å². The van der Waals surface area contributed by atoms with E-state index in [-0.39, 0.29) is 18.6 Å². The number of hydrogen-bond donors (Lipinski definition) is 3. The van der Waals surface area contributed by atoms with Crippen LogP contribution in [0.4, 0.5) is 5.69 Å². The minimum absolute atomic E-state index is 0.0923. The van der Waals surface area contributed by atoms with Crippen LogP contribution in [-0.4, -0.2) is 37.4 Å². The molecule has 0 aliphatic rings. The maximum absolute atomic E-state index is 9.00. The smallest absolute Gasteiger partial charge is 0.193 e. The van der Waals surface area contributed by atoms with Gasteiger partial charge >= 0.3 is 0 Å². The summed E-state index contributed by atoms with van der Waals surface area (Å²) < 4.78 is 4.90. The predicted molar refractivity (Wildman–Crippen MR) is 64.4 cm³/mol. The van der Waals surface area contributed by atoms with Crippen LogP contribution in [-0.2, 0) is 4.74 Å². The van der Waals surface area contributed by atoms with Crippen LogP contribution in [0.2, 0.25) is 0 Å². The molecule has 0 aliphatic carbocycles. The molecular formula is C11H17N3O2. The third-order valence-electron chi connectivity index (χ3n) is 1.94. The highest BCUT2D eigenvalue weighted by molar-refractivity contribution is 5.92. The van der Waals surface area contributed by atoms with Crippen LogP contribution in [0, 0.1) is 0 Å². The average molecular weight is 223 g/mol. The van der Waals surface area contributed by atoms with E-state index >= 15 is 0 Å². The Balaban J connectivity index is 2.56. The fraction of sp³-hybridized carbons (Fsp3) is 0.364. The van der Waals surface area contributed by atoms with Crippen molar-refractivity contribution in [2.24, 2.45) is 10.7 Å². The first-order valence-corrected chi connectivity index (χ1v) is 5.01. The summed E-state index contributed by atoms with van der Waals surface area (Å²) in [5.74, 6) is 0.266. The van der Waals surface area contributed by atoms with Crippen LogP contribution in [0.25, 0.3) is 0 Å². The van der Waals surface area contributed by atoms with Crippen LogP contribution < -0.4 is 11.1 Å². The molecule has 0 fully saturated rings. The van der Waals surface area contributed by atoms with Crippen LogP contribution in [0.1, 0.15) is 0 Å². The molecule has 1 aromatic carbocycles. The van der Waals surface area contributed by atoms with Gasteiger partial charge in [-0.05, 0) is 12.1 Å². The van der Waals surface area contributed by atoms with Crippen molar-refractivity contribution in [1.82, 2.24) is 0 Å². The fourth-order valence-electron chi connectivity index (χ4n) is 1.22. The molecule has 0 bridgehead atoms. The predicted octanol–water partition coefficient (Wildman–Crippen LogP) is 0.420. The van der Waals surface area contributed by atoms with Gasteiger partial charge in [-0.15, -0.1) is 0 Å². The van der Waals surface area contributed by atoms with Gasteiger partial charge in [0.2, 0.25) is 0 Å². The number of nitrogens with zero attached hydrogens (tertiary/aromatic N) is 1. The van der Waals surface area contributed by atoms with Crippen LogP contribution in [0.15, 0.2) is 35.3 Å². The Morgan fingerprint density at radius 3 is 2.75 bits per heavy atom. The molecule has 0 saturated carbocycles. The molecule has 0 saturated heterocycles. The third kappa shape index (κ3) is 4.29. The lowest BCUT2D eigenvalue weighted by molar-refractivity contribution is 0.146. The van der Waals surface area contributed by atoms with E-state index in [4.69, 9.17) is 15.6 Å². The first-order valence-electron chi connectivity index (χ1n) is 5.01. The summed E-state index contributed by atoms with van der Waals surface area (Å²) in [4.78, 5) is 4.09. The molecule has 16 heavy (non-hydrogen) atoms. The lowest BCUT2D eigenvalue weighted by Gasteiger charge is -2.10. The van der Waals surface area contributed by atoms with E-state index in [1.807, 2.05) is 30.3 Å². The number of nitrogens with one attached hydrogen (secondary N) is 1. The molecule has 0 radical (unpaired) electrons. The Labute approximate surface area is 94.9 Å².